The predicted molar refractivity (Wildman–Crippen MR) is 22.9 cm³/mol. The molecule has 0 aliphatic rings. The molecule has 0 heterocycles. The van der Waals surface area contributed by atoms with Crippen molar-refractivity contribution in [1.82, 2.24) is 0 Å². The number of hydrogen-bond donors (Lipinski definition) is 2. The first-order chi connectivity index (χ1) is 2.00. The van der Waals surface area contributed by atoms with Gasteiger partial charge < -0.3 is 13.5 Å². The van der Waals surface area contributed by atoms with Gasteiger partial charge in [0, 0.05) is 0 Å². The van der Waals surface area contributed by atoms with Crippen LogP contribution in [0.4, 0.5) is 0 Å². The standard InChI is InChI=1S/K.H2O4S.H2S/c;1-5(2,3)4;/h;(H2,1,2,3,4);1H2/q+1;;/p-1. The van der Waals surface area contributed by atoms with Crippen molar-refractivity contribution in [3.8, 4) is 0 Å². The van der Waals surface area contributed by atoms with E-state index in [-0.39, 0.29) is 64.9 Å². The molecular weight excluding hydrogens is 167 g/mol. The van der Waals surface area contributed by atoms with Crippen LogP contribution in [0.2, 0.25) is 0 Å². The first kappa shape index (κ1) is 15.9. The number of hydrogen-bond acceptors (Lipinski definition) is 3. The first-order valence-corrected chi connectivity index (χ1v) is 2.10. The van der Waals surface area contributed by atoms with Crippen molar-refractivity contribution in [3.05, 3.63) is 0 Å². The Labute approximate surface area is 91.1 Å². The topological polar surface area (TPSA) is 74.6 Å². The van der Waals surface area contributed by atoms with Crippen LogP contribution in [-0.2, 0) is 23.9 Å². The van der Waals surface area contributed by atoms with Crippen molar-refractivity contribution < 1.29 is 68.9 Å². The van der Waals surface area contributed by atoms with Gasteiger partial charge in [0.05, 0.1) is 0 Å². The van der Waals surface area contributed by atoms with E-state index >= 15 is 0 Å². The fraction of sp³-hybridized carbons (Fsp3) is 0. The Balaban J connectivity index is -0.0000000800. The van der Waals surface area contributed by atoms with Gasteiger partial charge in [0.2, 0.25) is 0 Å². The smallest absolute Gasteiger partial charge is 0.813 e. The third-order valence-corrected chi connectivity index (χ3v) is 0. The van der Waals surface area contributed by atoms with Crippen molar-refractivity contribution in [1.29, 1.82) is 0 Å². The van der Waals surface area contributed by atoms with Crippen molar-refractivity contribution >= 4 is 23.9 Å². The van der Waals surface area contributed by atoms with Gasteiger partial charge >= 0.3 is 61.8 Å². The molecule has 0 bridgehead atoms. The zero-order chi connectivity index (χ0) is 4.50. The zero-order valence-electron chi connectivity index (χ0n) is 3.57. The van der Waals surface area contributed by atoms with E-state index in [1.165, 1.54) is 0 Å². The molecule has 0 spiro atoms. The molecule has 0 aromatic rings. The Bertz CT molecular complexity index is 92.9. The molecule has 0 aliphatic carbocycles. The summed E-state index contributed by atoms with van der Waals surface area (Å²) in [4.78, 5) is 0. The second kappa shape index (κ2) is 5.98. The normalized spacial score (nSPS) is 8.29. The van der Waals surface area contributed by atoms with E-state index < -0.39 is 10.4 Å². The van der Waals surface area contributed by atoms with Gasteiger partial charge in [-0.15, -0.1) is 0 Å². The largest absolute Gasteiger partial charge is 1.00 e. The van der Waals surface area contributed by atoms with Gasteiger partial charge in [0.1, 0.15) is 0 Å². The van der Waals surface area contributed by atoms with Gasteiger partial charge in [0.15, 0.2) is 0 Å². The Morgan fingerprint density at radius 1 is 1.14 bits per heavy atom. The minimum Gasteiger partial charge on any atom is -0.813 e. The molecule has 0 amide bonds. The summed E-state index contributed by atoms with van der Waals surface area (Å²) in [5.41, 5.74) is 0. The van der Waals surface area contributed by atoms with E-state index in [4.69, 9.17) is 17.5 Å². The maximum Gasteiger partial charge on any atom is 1.00 e. The van der Waals surface area contributed by atoms with Crippen molar-refractivity contribution in [2.24, 2.45) is 0 Å². The average Bonchev–Trinajstić information content (AvgIpc) is 0.722. The third-order valence-electron chi connectivity index (χ3n) is 0. The van der Waals surface area contributed by atoms with Crippen LogP contribution in [0.5, 0.6) is 0 Å². The molecule has 0 atom stereocenters. The summed E-state index contributed by atoms with van der Waals surface area (Å²) in [6.07, 6.45) is 0. The molecule has 0 rings (SSSR count). The average molecular weight is 170 g/mol. The van der Waals surface area contributed by atoms with Gasteiger partial charge in [-0.25, -0.2) is 0 Å². The molecule has 7 heavy (non-hydrogen) atoms. The van der Waals surface area contributed by atoms with E-state index in [2.05, 4.69) is 0 Å². The monoisotopic (exact) mass is 170 g/mol. The van der Waals surface area contributed by atoms with Crippen molar-refractivity contribution in [2.75, 3.05) is 0 Å². The second-order valence-corrected chi connectivity index (χ2v) is 1.34. The zero-order valence-corrected chi connectivity index (χ0v) is 8.40. The summed E-state index contributed by atoms with van der Waals surface area (Å²) in [6, 6.07) is 0. The van der Waals surface area contributed by atoms with Gasteiger partial charge in [-0.05, 0) is 0 Å². The molecule has 0 aromatic heterocycles. The molecule has 4 nitrogen and oxygen atoms in total. The van der Waals surface area contributed by atoms with Crippen LogP contribution in [0.1, 0.15) is 0 Å². The maximum absolute atomic E-state index is 8.74. The summed E-state index contributed by atoms with van der Waals surface area (Å²) in [6.45, 7) is 0. The molecule has 0 saturated carbocycles. The van der Waals surface area contributed by atoms with Crippen LogP contribution in [-0.4, -0.2) is 17.5 Å². The second-order valence-electron chi connectivity index (χ2n) is 0.448. The van der Waals surface area contributed by atoms with Gasteiger partial charge in [0.25, 0.3) is 0 Å². The molecule has 0 unspecified atom stereocenters. The van der Waals surface area contributed by atoms with Gasteiger partial charge in [-0.1, -0.05) is 0 Å². The fourth-order valence-electron chi connectivity index (χ4n) is 0. The van der Waals surface area contributed by atoms with Crippen molar-refractivity contribution in [2.45, 2.75) is 0 Å². The van der Waals surface area contributed by atoms with E-state index in [9.17, 15) is 0 Å². The van der Waals surface area contributed by atoms with Crippen LogP contribution in [0.15, 0.2) is 0 Å². The Morgan fingerprint density at radius 2 is 1.14 bits per heavy atom. The van der Waals surface area contributed by atoms with E-state index in [0.717, 1.165) is 0 Å². The molecule has 0 aromatic carbocycles. The molecule has 2 N–H and O–H groups in total. The Morgan fingerprint density at radius 3 is 1.14 bits per heavy atom. The molecular formula is H3KO4S2. The maximum atomic E-state index is 8.74. The molecule has 0 saturated heterocycles. The van der Waals surface area contributed by atoms with E-state index in [0.29, 0.717) is 0 Å². The molecule has 7 heteroatoms. The third kappa shape index (κ3) is 78.2. The van der Waals surface area contributed by atoms with Crippen LogP contribution in [0.25, 0.3) is 0 Å². The summed E-state index contributed by atoms with van der Waals surface area (Å²) < 4.78 is 31.6. The van der Waals surface area contributed by atoms with Crippen LogP contribution < -0.4 is 51.4 Å². The predicted octanol–water partition coefficient (Wildman–Crippen LogP) is -3.92. The number of rotatable bonds is 0. The SMILES string of the molecule is O=S(=O)(O)O.[K+].[SH-]. The quantitative estimate of drug-likeness (QED) is 0.168. The number of thiol groups is 1. The van der Waals surface area contributed by atoms with E-state index in [1.54, 1.807) is 0 Å². The van der Waals surface area contributed by atoms with Crippen LogP contribution >= 0.6 is 0 Å². The summed E-state index contributed by atoms with van der Waals surface area (Å²) in [5.74, 6) is 0. The van der Waals surface area contributed by atoms with Crippen LogP contribution in [0, 0.1) is 0 Å². The molecule has 40 valence electrons. The van der Waals surface area contributed by atoms with E-state index in [1.807, 2.05) is 0 Å². The molecule has 0 fully saturated rings. The fourth-order valence-corrected chi connectivity index (χ4v) is 0. The van der Waals surface area contributed by atoms with Gasteiger partial charge in [-0.3, -0.25) is 9.11 Å². The van der Waals surface area contributed by atoms with Crippen LogP contribution in [0.3, 0.4) is 0 Å². The molecule has 0 aliphatic heterocycles. The van der Waals surface area contributed by atoms with Crippen molar-refractivity contribution in [3.63, 3.8) is 0 Å². The Hall–Kier alpha value is 1.86. The Kier molecular flexibility index (Phi) is 13.6. The van der Waals surface area contributed by atoms with Gasteiger partial charge in [-0.2, -0.15) is 8.42 Å². The first-order valence-electron chi connectivity index (χ1n) is 0.698. The minimum atomic E-state index is -4.67. The summed E-state index contributed by atoms with van der Waals surface area (Å²) >= 11 is 0. The minimum absolute atomic E-state index is 0. The summed E-state index contributed by atoms with van der Waals surface area (Å²) in [7, 11) is -4.67. The summed E-state index contributed by atoms with van der Waals surface area (Å²) in [5, 5.41) is 0. The molecule has 0 radical (unpaired) electrons.